The summed E-state index contributed by atoms with van der Waals surface area (Å²) < 4.78 is 1.96. The predicted octanol–water partition coefficient (Wildman–Crippen LogP) is 2.67. The molecule has 2 aliphatic rings. The van der Waals surface area contributed by atoms with Gasteiger partial charge in [0, 0.05) is 6.54 Å². The largest absolute Gasteiger partial charge is 0.369 e. The summed E-state index contributed by atoms with van der Waals surface area (Å²) in [6.45, 7) is 4.99. The number of halogens is 1. The van der Waals surface area contributed by atoms with Crippen molar-refractivity contribution in [3.05, 3.63) is 12.0 Å². The molecule has 0 aromatic carbocycles. The molecule has 0 fully saturated rings. The molecular weight excluding hydrogens is 250 g/mol. The summed E-state index contributed by atoms with van der Waals surface area (Å²) >= 11 is 0. The second-order valence-corrected chi connectivity index (χ2v) is 4.31. The summed E-state index contributed by atoms with van der Waals surface area (Å²) in [7, 11) is 0. The maximum Gasteiger partial charge on any atom is 0.202 e. The van der Waals surface area contributed by atoms with Gasteiger partial charge in [0.2, 0.25) is 5.95 Å². The fraction of sp³-hybridized carbons (Fsp3) is 0.583. The Hall–Kier alpha value is -1.36. The van der Waals surface area contributed by atoms with Crippen molar-refractivity contribution in [2.45, 2.75) is 46.1 Å². The summed E-state index contributed by atoms with van der Waals surface area (Å²) in [5.74, 6) is 1.39. The first-order valence-electron chi connectivity index (χ1n) is 6.17. The first-order chi connectivity index (χ1) is 8.24. The minimum absolute atomic E-state index is 0. The van der Waals surface area contributed by atoms with E-state index in [-0.39, 0.29) is 12.4 Å². The van der Waals surface area contributed by atoms with Gasteiger partial charge < -0.3 is 5.73 Å². The van der Waals surface area contributed by atoms with Gasteiger partial charge in [-0.05, 0) is 13.3 Å². The van der Waals surface area contributed by atoms with E-state index in [9.17, 15) is 0 Å². The highest BCUT2D eigenvalue weighted by Gasteiger charge is 2.16. The van der Waals surface area contributed by atoms with E-state index in [2.05, 4.69) is 21.9 Å². The van der Waals surface area contributed by atoms with Crippen molar-refractivity contribution in [3.8, 4) is 11.5 Å². The van der Waals surface area contributed by atoms with Gasteiger partial charge in [0.1, 0.15) is 12.0 Å². The normalized spacial score (nSPS) is 10.6. The molecule has 0 radical (unpaired) electrons. The zero-order valence-corrected chi connectivity index (χ0v) is 11.7. The van der Waals surface area contributed by atoms with Crippen molar-refractivity contribution in [3.63, 3.8) is 0 Å². The van der Waals surface area contributed by atoms with Crippen LogP contribution in [0.25, 0.3) is 11.5 Å². The van der Waals surface area contributed by atoms with Crippen LogP contribution in [0.4, 0.5) is 5.95 Å². The molecule has 0 unspecified atom stereocenters. The third-order valence-corrected chi connectivity index (χ3v) is 2.97. The number of unbranched alkanes of at least 4 members (excludes halogenated alkanes) is 3. The van der Waals surface area contributed by atoms with Crippen LogP contribution in [0.3, 0.4) is 0 Å². The molecule has 5 nitrogen and oxygen atoms in total. The van der Waals surface area contributed by atoms with Crippen LogP contribution in [0.1, 0.15) is 38.3 Å². The van der Waals surface area contributed by atoms with Crippen LogP contribution in [-0.2, 0) is 6.54 Å². The summed E-state index contributed by atoms with van der Waals surface area (Å²) in [6, 6.07) is 0. The Bertz CT molecular complexity index is 468. The average molecular weight is 270 g/mol. The standard InChI is InChI=1S/C12H19N5.ClH/c1-3-4-5-6-7-17-11-10(14-8-15-11)9(2)16-12(17)13;/h8H,3-7H2,1-2H3,(H2,13,16);1H. The predicted molar refractivity (Wildman–Crippen MR) is 75.0 cm³/mol. The van der Waals surface area contributed by atoms with E-state index < -0.39 is 0 Å². The number of hydrogen-bond acceptors (Lipinski definition) is 4. The van der Waals surface area contributed by atoms with E-state index in [1.807, 2.05) is 11.5 Å². The highest BCUT2D eigenvalue weighted by atomic mass is 35.5. The van der Waals surface area contributed by atoms with E-state index in [1.54, 1.807) is 6.33 Å². The van der Waals surface area contributed by atoms with Crippen molar-refractivity contribution in [2.75, 3.05) is 5.73 Å². The molecule has 2 heterocycles. The maximum atomic E-state index is 5.95. The van der Waals surface area contributed by atoms with Crippen molar-refractivity contribution in [1.82, 2.24) is 19.5 Å². The van der Waals surface area contributed by atoms with Crippen LogP contribution in [0.2, 0.25) is 0 Å². The Morgan fingerprint density at radius 1 is 1.22 bits per heavy atom. The maximum absolute atomic E-state index is 5.95. The number of anilines is 1. The minimum Gasteiger partial charge on any atom is -0.369 e. The van der Waals surface area contributed by atoms with Gasteiger partial charge in [0.25, 0.3) is 0 Å². The van der Waals surface area contributed by atoms with Gasteiger partial charge in [-0.2, -0.15) is 0 Å². The molecule has 0 amide bonds. The highest BCUT2D eigenvalue weighted by molar-refractivity contribution is 5.85. The molecule has 0 saturated heterocycles. The molecule has 0 saturated carbocycles. The number of nitrogens with zero attached hydrogens (tertiary/aromatic N) is 4. The molecule has 0 bridgehead atoms. The molecule has 0 spiro atoms. The molecule has 0 aromatic heterocycles. The van der Waals surface area contributed by atoms with Crippen LogP contribution >= 0.6 is 12.4 Å². The number of fused-ring (bicyclic) bond motifs is 1. The van der Waals surface area contributed by atoms with E-state index >= 15 is 0 Å². The van der Waals surface area contributed by atoms with Gasteiger partial charge in [-0.25, -0.2) is 15.0 Å². The third kappa shape index (κ3) is 2.90. The Labute approximate surface area is 114 Å². The summed E-state index contributed by atoms with van der Waals surface area (Å²) in [4.78, 5) is 12.8. The third-order valence-electron chi connectivity index (χ3n) is 2.97. The highest BCUT2D eigenvalue weighted by Crippen LogP contribution is 2.23. The van der Waals surface area contributed by atoms with Crippen LogP contribution < -0.4 is 5.73 Å². The van der Waals surface area contributed by atoms with Gasteiger partial charge in [-0.15, -0.1) is 12.4 Å². The Balaban J connectivity index is 0.00000162. The molecule has 2 rings (SSSR count). The number of imidazole rings is 1. The molecule has 6 heteroatoms. The van der Waals surface area contributed by atoms with Crippen molar-refractivity contribution >= 4 is 18.4 Å². The number of hydrogen-bond donors (Lipinski definition) is 1. The van der Waals surface area contributed by atoms with Gasteiger partial charge >= 0.3 is 0 Å². The lowest BCUT2D eigenvalue weighted by Gasteiger charge is -2.14. The van der Waals surface area contributed by atoms with Gasteiger partial charge in [-0.3, -0.25) is 4.57 Å². The summed E-state index contributed by atoms with van der Waals surface area (Å²) in [5, 5.41) is 0. The van der Waals surface area contributed by atoms with Crippen molar-refractivity contribution in [1.29, 1.82) is 0 Å². The van der Waals surface area contributed by atoms with E-state index in [1.165, 1.54) is 19.3 Å². The fourth-order valence-corrected chi connectivity index (χ4v) is 2.02. The number of rotatable bonds is 5. The number of aromatic nitrogens is 4. The van der Waals surface area contributed by atoms with Crippen LogP contribution in [0.15, 0.2) is 6.33 Å². The molecule has 18 heavy (non-hydrogen) atoms. The Morgan fingerprint density at radius 2 is 2.00 bits per heavy atom. The molecule has 100 valence electrons. The average Bonchev–Trinajstić information content (AvgIpc) is 2.77. The molecular formula is C12H20ClN5. The van der Waals surface area contributed by atoms with Crippen LogP contribution in [0, 0.1) is 6.92 Å². The lowest BCUT2D eigenvalue weighted by Crippen LogP contribution is -2.13. The Morgan fingerprint density at radius 3 is 2.72 bits per heavy atom. The van der Waals surface area contributed by atoms with Crippen molar-refractivity contribution in [2.24, 2.45) is 0 Å². The SMILES string of the molecule is CCCCCCn1c(N)nc(C)c2ncnc1-2.Cl. The quantitative estimate of drug-likeness (QED) is 0.847. The second kappa shape index (κ2) is 6.54. The first kappa shape index (κ1) is 14.7. The van der Waals surface area contributed by atoms with Crippen molar-refractivity contribution < 1.29 is 0 Å². The van der Waals surface area contributed by atoms with Gasteiger partial charge in [0.15, 0.2) is 5.82 Å². The van der Waals surface area contributed by atoms with Gasteiger partial charge in [-0.1, -0.05) is 26.2 Å². The summed E-state index contributed by atoms with van der Waals surface area (Å²) in [5.41, 5.74) is 7.65. The Kier molecular flexibility index (Phi) is 5.34. The topological polar surface area (TPSA) is 69.6 Å². The monoisotopic (exact) mass is 269 g/mol. The molecule has 0 aromatic rings. The number of nitrogens with two attached hydrogens (primary N) is 1. The second-order valence-electron chi connectivity index (χ2n) is 4.31. The first-order valence-corrected chi connectivity index (χ1v) is 6.17. The van der Waals surface area contributed by atoms with Crippen LogP contribution in [-0.4, -0.2) is 19.5 Å². The molecule has 2 N–H and O–H groups in total. The van der Waals surface area contributed by atoms with E-state index in [0.717, 1.165) is 30.2 Å². The van der Waals surface area contributed by atoms with E-state index in [0.29, 0.717) is 5.95 Å². The van der Waals surface area contributed by atoms with Gasteiger partial charge in [0.05, 0.1) is 5.69 Å². The lowest BCUT2D eigenvalue weighted by atomic mass is 10.2. The lowest BCUT2D eigenvalue weighted by molar-refractivity contribution is 0.579. The summed E-state index contributed by atoms with van der Waals surface area (Å²) in [6.07, 6.45) is 6.39. The molecule has 0 atom stereocenters. The zero-order chi connectivity index (χ0) is 12.3. The van der Waals surface area contributed by atoms with Crippen LogP contribution in [0.5, 0.6) is 0 Å². The minimum atomic E-state index is 0. The zero-order valence-electron chi connectivity index (χ0n) is 10.9. The van der Waals surface area contributed by atoms with E-state index in [4.69, 9.17) is 5.73 Å². The molecule has 0 aliphatic carbocycles. The number of aryl methyl sites for hydroxylation is 1. The number of nitrogen functional groups attached to an aromatic ring is 1. The smallest absolute Gasteiger partial charge is 0.202 e. The molecule has 2 aliphatic heterocycles. The fourth-order valence-electron chi connectivity index (χ4n) is 2.02.